The molecule has 0 aliphatic rings. The number of hydrogen-bond donors (Lipinski definition) is 1. The molecule has 0 radical (unpaired) electrons. The lowest BCUT2D eigenvalue weighted by atomic mass is 10.1. The number of thiophene rings is 1. The molecule has 1 aromatic heterocycles. The van der Waals surface area contributed by atoms with Gasteiger partial charge in [0.1, 0.15) is 0 Å². The molecule has 0 fully saturated rings. The molecule has 0 saturated heterocycles. The van der Waals surface area contributed by atoms with Crippen LogP contribution in [0.2, 0.25) is 0 Å². The van der Waals surface area contributed by atoms with Gasteiger partial charge in [-0.25, -0.2) is 0 Å². The second kappa shape index (κ2) is 8.36. The zero-order valence-corrected chi connectivity index (χ0v) is 15.8. The summed E-state index contributed by atoms with van der Waals surface area (Å²) in [6, 6.07) is 8.69. The maximum Gasteiger partial charge on any atom is 0.274 e. The summed E-state index contributed by atoms with van der Waals surface area (Å²) in [5, 5.41) is 13.7. The van der Waals surface area contributed by atoms with Crippen molar-refractivity contribution in [2.24, 2.45) is 0 Å². The first-order valence-electron chi connectivity index (χ1n) is 7.41. The molecule has 2 aromatic rings. The van der Waals surface area contributed by atoms with Crippen LogP contribution in [-0.2, 0) is 11.3 Å². The number of nitrogens with one attached hydrogen (secondary N) is 1. The number of nitrogens with zero attached hydrogens (tertiary/aromatic N) is 2. The number of nitro groups is 1. The van der Waals surface area contributed by atoms with Crippen LogP contribution in [0.1, 0.15) is 17.4 Å². The minimum absolute atomic E-state index is 0.00332. The fraction of sp³-hybridized carbons (Fsp3) is 0.312. The van der Waals surface area contributed by atoms with E-state index in [2.05, 4.69) is 21.2 Å². The predicted octanol–water partition coefficient (Wildman–Crippen LogP) is 4.19. The van der Waals surface area contributed by atoms with Gasteiger partial charge in [0.2, 0.25) is 5.91 Å². The number of likely N-dealkylation sites (N-methyl/N-ethyl adjacent to an activating group) is 1. The molecular formula is C16H18BrN3O3S. The van der Waals surface area contributed by atoms with Gasteiger partial charge in [-0.3, -0.25) is 19.8 Å². The molecule has 0 bridgehead atoms. The maximum absolute atomic E-state index is 12.3. The summed E-state index contributed by atoms with van der Waals surface area (Å²) in [4.78, 5) is 26.0. The fourth-order valence-electron chi connectivity index (χ4n) is 2.29. The van der Waals surface area contributed by atoms with E-state index in [1.165, 1.54) is 10.9 Å². The van der Waals surface area contributed by atoms with Crippen molar-refractivity contribution in [2.45, 2.75) is 20.4 Å². The average molecular weight is 412 g/mol. The zero-order chi connectivity index (χ0) is 17.7. The number of carbonyl (C=O) groups excluding carboxylic acids is 1. The normalized spacial score (nSPS) is 10.8. The SMILES string of the molecule is CCN(CC(=O)Nc1cccc([N+](=O)[O-])c1C)Cc1ccc(Br)s1. The Morgan fingerprint density at radius 1 is 1.38 bits per heavy atom. The molecule has 24 heavy (non-hydrogen) atoms. The van der Waals surface area contributed by atoms with Crippen LogP contribution in [0.15, 0.2) is 34.1 Å². The van der Waals surface area contributed by atoms with Crippen molar-refractivity contribution in [3.05, 3.63) is 54.7 Å². The summed E-state index contributed by atoms with van der Waals surface area (Å²) in [5.74, 6) is -0.184. The maximum atomic E-state index is 12.3. The largest absolute Gasteiger partial charge is 0.324 e. The third kappa shape index (κ3) is 4.86. The van der Waals surface area contributed by atoms with Crippen LogP contribution < -0.4 is 5.32 Å². The molecule has 128 valence electrons. The minimum atomic E-state index is -0.446. The number of nitro benzene ring substituents is 1. The van der Waals surface area contributed by atoms with Gasteiger partial charge in [-0.2, -0.15) is 0 Å². The molecule has 1 heterocycles. The summed E-state index contributed by atoms with van der Waals surface area (Å²) in [7, 11) is 0. The first kappa shape index (κ1) is 18.6. The Labute approximate surface area is 152 Å². The third-order valence-corrected chi connectivity index (χ3v) is 5.21. The number of hydrogen-bond acceptors (Lipinski definition) is 5. The quantitative estimate of drug-likeness (QED) is 0.547. The van der Waals surface area contributed by atoms with Gasteiger partial charge in [0.05, 0.1) is 26.5 Å². The number of carbonyl (C=O) groups is 1. The lowest BCUT2D eigenvalue weighted by molar-refractivity contribution is -0.385. The molecule has 6 nitrogen and oxygen atoms in total. The van der Waals surface area contributed by atoms with Crippen LogP contribution in [-0.4, -0.2) is 28.8 Å². The molecule has 2 rings (SSSR count). The van der Waals surface area contributed by atoms with Crippen molar-refractivity contribution in [1.29, 1.82) is 0 Å². The number of rotatable bonds is 7. The van der Waals surface area contributed by atoms with E-state index in [-0.39, 0.29) is 18.1 Å². The number of amides is 1. The second-order valence-electron chi connectivity index (χ2n) is 5.26. The van der Waals surface area contributed by atoms with E-state index < -0.39 is 4.92 Å². The van der Waals surface area contributed by atoms with Gasteiger partial charge in [-0.1, -0.05) is 13.0 Å². The summed E-state index contributed by atoms with van der Waals surface area (Å²) < 4.78 is 1.06. The topological polar surface area (TPSA) is 75.5 Å². The minimum Gasteiger partial charge on any atom is -0.324 e. The van der Waals surface area contributed by atoms with Crippen molar-refractivity contribution in [3.63, 3.8) is 0 Å². The summed E-state index contributed by atoms with van der Waals surface area (Å²) in [6.45, 7) is 5.28. The Balaban J connectivity index is 2.01. The van der Waals surface area contributed by atoms with Crippen LogP contribution >= 0.6 is 27.3 Å². The first-order chi connectivity index (χ1) is 11.4. The van der Waals surface area contributed by atoms with Crippen molar-refractivity contribution >= 4 is 44.5 Å². The number of benzene rings is 1. The first-order valence-corrected chi connectivity index (χ1v) is 9.02. The van der Waals surface area contributed by atoms with Crippen LogP contribution in [0, 0.1) is 17.0 Å². The predicted molar refractivity (Wildman–Crippen MR) is 99.4 cm³/mol. The van der Waals surface area contributed by atoms with E-state index in [1.54, 1.807) is 30.4 Å². The molecule has 1 aromatic carbocycles. The molecular weight excluding hydrogens is 394 g/mol. The van der Waals surface area contributed by atoms with E-state index in [9.17, 15) is 14.9 Å². The Hall–Kier alpha value is -1.77. The highest BCUT2D eigenvalue weighted by molar-refractivity contribution is 9.11. The Morgan fingerprint density at radius 2 is 2.12 bits per heavy atom. The summed E-state index contributed by atoms with van der Waals surface area (Å²) in [5.41, 5.74) is 0.939. The Kier molecular flexibility index (Phi) is 6.47. The monoisotopic (exact) mass is 411 g/mol. The van der Waals surface area contributed by atoms with Crippen LogP contribution in [0.3, 0.4) is 0 Å². The molecule has 0 spiro atoms. The molecule has 0 aliphatic carbocycles. The standard InChI is InChI=1S/C16H18BrN3O3S/c1-3-19(9-12-7-8-15(17)24-12)10-16(21)18-13-5-4-6-14(11(13)2)20(22)23/h4-8H,3,9-10H2,1-2H3,(H,18,21). The molecule has 0 aliphatic heterocycles. The van der Waals surface area contributed by atoms with Gasteiger partial charge < -0.3 is 5.32 Å². The smallest absolute Gasteiger partial charge is 0.274 e. The van der Waals surface area contributed by atoms with Crippen LogP contribution in [0.5, 0.6) is 0 Å². The van der Waals surface area contributed by atoms with Gasteiger partial charge in [0.15, 0.2) is 0 Å². The van der Waals surface area contributed by atoms with E-state index in [0.29, 0.717) is 17.8 Å². The zero-order valence-electron chi connectivity index (χ0n) is 13.4. The van der Waals surface area contributed by atoms with E-state index in [0.717, 1.165) is 10.3 Å². The lowest BCUT2D eigenvalue weighted by Crippen LogP contribution is -2.32. The van der Waals surface area contributed by atoms with E-state index in [4.69, 9.17) is 0 Å². The van der Waals surface area contributed by atoms with Gasteiger partial charge in [-0.15, -0.1) is 11.3 Å². The third-order valence-electron chi connectivity index (χ3n) is 3.60. The Bertz CT molecular complexity index is 748. The summed E-state index contributed by atoms with van der Waals surface area (Å²) in [6.07, 6.45) is 0. The average Bonchev–Trinajstić information content (AvgIpc) is 2.93. The summed E-state index contributed by atoms with van der Waals surface area (Å²) >= 11 is 5.07. The van der Waals surface area contributed by atoms with Crippen molar-refractivity contribution in [2.75, 3.05) is 18.4 Å². The molecule has 0 saturated carbocycles. The molecule has 1 amide bonds. The van der Waals surface area contributed by atoms with Crippen molar-refractivity contribution < 1.29 is 9.72 Å². The van der Waals surface area contributed by atoms with Gasteiger partial charge in [0, 0.05) is 17.5 Å². The molecule has 0 unspecified atom stereocenters. The Morgan fingerprint density at radius 3 is 2.71 bits per heavy atom. The fourth-order valence-corrected chi connectivity index (χ4v) is 3.81. The highest BCUT2D eigenvalue weighted by Gasteiger charge is 2.16. The van der Waals surface area contributed by atoms with Crippen LogP contribution in [0.4, 0.5) is 11.4 Å². The number of anilines is 1. The van der Waals surface area contributed by atoms with Gasteiger partial charge >= 0.3 is 0 Å². The van der Waals surface area contributed by atoms with Gasteiger partial charge in [0.25, 0.3) is 5.69 Å². The van der Waals surface area contributed by atoms with Crippen molar-refractivity contribution in [1.82, 2.24) is 4.90 Å². The molecule has 1 N–H and O–H groups in total. The second-order valence-corrected chi connectivity index (χ2v) is 7.81. The van der Waals surface area contributed by atoms with Gasteiger partial charge in [-0.05, 0) is 47.6 Å². The van der Waals surface area contributed by atoms with Crippen LogP contribution in [0.25, 0.3) is 0 Å². The van der Waals surface area contributed by atoms with E-state index >= 15 is 0 Å². The molecule has 0 atom stereocenters. The number of halogens is 1. The molecule has 8 heteroatoms. The highest BCUT2D eigenvalue weighted by Crippen LogP contribution is 2.25. The lowest BCUT2D eigenvalue weighted by Gasteiger charge is -2.19. The van der Waals surface area contributed by atoms with E-state index in [1.807, 2.05) is 24.0 Å². The van der Waals surface area contributed by atoms with Crippen molar-refractivity contribution in [3.8, 4) is 0 Å². The highest BCUT2D eigenvalue weighted by atomic mass is 79.9.